The van der Waals surface area contributed by atoms with Gasteiger partial charge in [0.25, 0.3) is 11.7 Å². The number of hydrogen-bond acceptors (Lipinski definition) is 6. The van der Waals surface area contributed by atoms with Crippen LogP contribution >= 0.6 is 22.9 Å². The van der Waals surface area contributed by atoms with Crippen LogP contribution < -0.4 is 5.32 Å². The first-order chi connectivity index (χ1) is 13.5. The predicted octanol–water partition coefficient (Wildman–Crippen LogP) is 4.05. The molecule has 0 saturated heterocycles. The van der Waals surface area contributed by atoms with Crippen LogP contribution in [0.1, 0.15) is 32.9 Å². The minimum absolute atomic E-state index is 0.386. The molecule has 28 heavy (non-hydrogen) atoms. The third kappa shape index (κ3) is 3.45. The Hall–Kier alpha value is -3.28. The van der Waals surface area contributed by atoms with E-state index in [9.17, 15) is 9.59 Å². The summed E-state index contributed by atoms with van der Waals surface area (Å²) in [5, 5.41) is 14.0. The van der Waals surface area contributed by atoms with Crippen molar-refractivity contribution >= 4 is 44.4 Å². The average Bonchev–Trinajstić information content (AvgIpc) is 3.40. The Bertz CT molecular complexity index is 1230. The van der Waals surface area contributed by atoms with E-state index >= 15 is 0 Å². The molecule has 0 aliphatic carbocycles. The lowest BCUT2D eigenvalue weighted by atomic mass is 10.1. The topological polar surface area (TPSA) is 87.3 Å². The van der Waals surface area contributed by atoms with Crippen molar-refractivity contribution in [1.82, 2.24) is 8.77 Å². The quantitative estimate of drug-likeness (QED) is 0.400. The number of fused-ring (bicyclic) bond motifs is 1. The Balaban J connectivity index is 1.61. The van der Waals surface area contributed by atoms with Gasteiger partial charge in [-0.15, -0.1) is 11.3 Å². The molecule has 0 fully saturated rings. The van der Waals surface area contributed by atoms with E-state index in [0.717, 1.165) is 33.3 Å². The fourth-order valence-electron chi connectivity index (χ4n) is 2.92. The van der Waals surface area contributed by atoms with Crippen molar-refractivity contribution in [3.8, 4) is 6.07 Å². The second-order valence-corrected chi connectivity index (χ2v) is 7.93. The number of nitriles is 1. The maximum atomic E-state index is 12.7. The zero-order valence-electron chi connectivity index (χ0n) is 14.8. The third-order valence-corrected chi connectivity index (χ3v) is 5.94. The number of benzene rings is 1. The van der Waals surface area contributed by atoms with Gasteiger partial charge in [0.1, 0.15) is 9.83 Å². The standard InChI is InChI=1S/C20H14N4O2S2/c1-12-8-17(28-23-12)22-19(26)18(25)16-10-15(24-6-7-27-20(16)24)9-13-2-4-14(11-21)5-3-13/h2-8,10H,9H2,1H3,(H,22,26). The van der Waals surface area contributed by atoms with Gasteiger partial charge in [0.2, 0.25) is 0 Å². The van der Waals surface area contributed by atoms with Crippen LogP contribution in [0, 0.1) is 18.3 Å². The number of carbonyl (C=O) groups is 2. The molecule has 0 aliphatic rings. The van der Waals surface area contributed by atoms with Crippen LogP contribution in [-0.4, -0.2) is 20.5 Å². The van der Waals surface area contributed by atoms with Crippen molar-refractivity contribution in [2.75, 3.05) is 5.32 Å². The summed E-state index contributed by atoms with van der Waals surface area (Å²) in [5.41, 5.74) is 3.71. The molecule has 0 aliphatic heterocycles. The first-order valence-corrected chi connectivity index (χ1v) is 10.1. The van der Waals surface area contributed by atoms with Crippen LogP contribution in [0.2, 0.25) is 0 Å². The molecule has 0 bridgehead atoms. The summed E-state index contributed by atoms with van der Waals surface area (Å²) in [5.74, 6) is -1.24. The van der Waals surface area contributed by atoms with Crippen LogP contribution in [0.3, 0.4) is 0 Å². The molecule has 1 amide bonds. The van der Waals surface area contributed by atoms with E-state index < -0.39 is 11.7 Å². The number of anilines is 1. The van der Waals surface area contributed by atoms with Crippen LogP contribution in [0.5, 0.6) is 0 Å². The first-order valence-electron chi connectivity index (χ1n) is 8.40. The van der Waals surface area contributed by atoms with E-state index in [1.54, 1.807) is 24.3 Å². The van der Waals surface area contributed by atoms with Gasteiger partial charge in [-0.05, 0) is 48.3 Å². The third-order valence-electron chi connectivity index (χ3n) is 4.24. The summed E-state index contributed by atoms with van der Waals surface area (Å²) in [4.78, 5) is 25.9. The number of amides is 1. The number of aryl methyl sites for hydroxylation is 1. The van der Waals surface area contributed by atoms with Gasteiger partial charge in [-0.25, -0.2) is 0 Å². The van der Waals surface area contributed by atoms with Crippen molar-refractivity contribution in [2.45, 2.75) is 13.3 Å². The lowest BCUT2D eigenvalue weighted by Crippen LogP contribution is -2.22. The molecular formula is C20H14N4O2S2. The molecule has 8 heteroatoms. The number of nitrogens with one attached hydrogen (secondary N) is 1. The molecule has 6 nitrogen and oxygen atoms in total. The molecule has 138 valence electrons. The molecule has 4 aromatic rings. The molecule has 1 aromatic carbocycles. The first kappa shape index (κ1) is 18.1. The summed E-state index contributed by atoms with van der Waals surface area (Å²) in [6, 6.07) is 12.9. The molecule has 4 rings (SSSR count). The summed E-state index contributed by atoms with van der Waals surface area (Å²) in [6.45, 7) is 1.83. The Morgan fingerprint density at radius 1 is 1.25 bits per heavy atom. The molecule has 1 N–H and O–H groups in total. The number of Topliss-reactive ketones (excluding diaryl/α,β-unsaturated/α-hetero) is 1. The highest BCUT2D eigenvalue weighted by Crippen LogP contribution is 2.25. The number of thiazole rings is 1. The van der Waals surface area contributed by atoms with E-state index in [1.165, 1.54) is 11.3 Å². The number of nitrogens with zero attached hydrogens (tertiary/aromatic N) is 3. The predicted molar refractivity (Wildman–Crippen MR) is 109 cm³/mol. The van der Waals surface area contributed by atoms with Gasteiger partial charge in [0.15, 0.2) is 0 Å². The molecule has 0 unspecified atom stereocenters. The Kier molecular flexibility index (Phi) is 4.77. The zero-order chi connectivity index (χ0) is 19.7. The van der Waals surface area contributed by atoms with Crippen LogP contribution in [-0.2, 0) is 11.2 Å². The largest absolute Gasteiger partial charge is 0.311 e. The number of ketones is 1. The number of carbonyl (C=O) groups excluding carboxylic acids is 2. The van der Waals surface area contributed by atoms with E-state index in [2.05, 4.69) is 15.8 Å². The minimum atomic E-state index is -0.672. The summed E-state index contributed by atoms with van der Waals surface area (Å²) in [6.07, 6.45) is 2.48. The summed E-state index contributed by atoms with van der Waals surface area (Å²) in [7, 11) is 0. The number of rotatable bonds is 5. The van der Waals surface area contributed by atoms with Crippen LogP contribution in [0.15, 0.2) is 48.0 Å². The van der Waals surface area contributed by atoms with Crippen molar-refractivity contribution in [3.05, 3.63) is 76.1 Å². The highest BCUT2D eigenvalue weighted by atomic mass is 32.1. The van der Waals surface area contributed by atoms with Gasteiger partial charge in [-0.2, -0.15) is 9.64 Å². The Morgan fingerprint density at radius 3 is 2.71 bits per heavy atom. The number of hydrogen-bond donors (Lipinski definition) is 1. The van der Waals surface area contributed by atoms with Crippen LogP contribution in [0.25, 0.3) is 4.83 Å². The zero-order valence-corrected chi connectivity index (χ0v) is 16.4. The monoisotopic (exact) mass is 406 g/mol. The molecule has 3 aromatic heterocycles. The van der Waals surface area contributed by atoms with Crippen molar-refractivity contribution < 1.29 is 9.59 Å². The highest BCUT2D eigenvalue weighted by Gasteiger charge is 2.23. The molecule has 0 spiro atoms. The van der Waals surface area contributed by atoms with Crippen LogP contribution in [0.4, 0.5) is 5.00 Å². The molecular weight excluding hydrogens is 392 g/mol. The fraction of sp³-hybridized carbons (Fsp3) is 0.100. The smallest absolute Gasteiger partial charge is 0.297 e. The lowest BCUT2D eigenvalue weighted by molar-refractivity contribution is -0.112. The second kappa shape index (κ2) is 7.38. The number of aromatic nitrogens is 2. The lowest BCUT2D eigenvalue weighted by Gasteiger charge is -2.01. The summed E-state index contributed by atoms with van der Waals surface area (Å²) >= 11 is 2.56. The fourth-order valence-corrected chi connectivity index (χ4v) is 4.45. The van der Waals surface area contributed by atoms with Crippen molar-refractivity contribution in [1.29, 1.82) is 5.26 Å². The van der Waals surface area contributed by atoms with E-state index in [1.807, 2.05) is 35.0 Å². The minimum Gasteiger partial charge on any atom is -0.311 e. The Labute approximate surface area is 168 Å². The van der Waals surface area contributed by atoms with Gasteiger partial charge in [0.05, 0.1) is 22.9 Å². The van der Waals surface area contributed by atoms with Gasteiger partial charge in [0, 0.05) is 23.7 Å². The Morgan fingerprint density at radius 2 is 2.04 bits per heavy atom. The normalized spacial score (nSPS) is 10.7. The second-order valence-electron chi connectivity index (χ2n) is 6.23. The highest BCUT2D eigenvalue weighted by molar-refractivity contribution is 7.16. The van der Waals surface area contributed by atoms with Crippen molar-refractivity contribution in [2.24, 2.45) is 0 Å². The van der Waals surface area contributed by atoms with Gasteiger partial charge < -0.3 is 9.72 Å². The maximum Gasteiger partial charge on any atom is 0.297 e. The van der Waals surface area contributed by atoms with E-state index in [4.69, 9.17) is 5.26 Å². The van der Waals surface area contributed by atoms with E-state index in [0.29, 0.717) is 22.5 Å². The molecule has 0 saturated carbocycles. The van der Waals surface area contributed by atoms with Crippen molar-refractivity contribution in [3.63, 3.8) is 0 Å². The molecule has 0 atom stereocenters. The van der Waals surface area contributed by atoms with E-state index in [-0.39, 0.29) is 0 Å². The molecule has 3 heterocycles. The van der Waals surface area contributed by atoms with Gasteiger partial charge in [-0.3, -0.25) is 9.59 Å². The molecule has 0 radical (unpaired) electrons. The average molecular weight is 406 g/mol. The maximum absolute atomic E-state index is 12.7. The van der Waals surface area contributed by atoms with Gasteiger partial charge in [-0.1, -0.05) is 12.1 Å². The summed E-state index contributed by atoms with van der Waals surface area (Å²) < 4.78 is 6.03. The SMILES string of the molecule is Cc1cc(NC(=O)C(=O)c2cc(Cc3ccc(C#N)cc3)n3ccsc23)sn1. The van der Waals surface area contributed by atoms with Gasteiger partial charge >= 0.3 is 0 Å².